The quantitative estimate of drug-likeness (QED) is 0.153. The fraction of sp³-hybridized carbons (Fsp3) is 0.229. The van der Waals surface area contributed by atoms with E-state index in [4.69, 9.17) is 24.0 Å². The van der Waals surface area contributed by atoms with Crippen LogP contribution in [-0.2, 0) is 11.3 Å². The van der Waals surface area contributed by atoms with E-state index in [9.17, 15) is 9.59 Å². The van der Waals surface area contributed by atoms with Gasteiger partial charge in [-0.1, -0.05) is 42.1 Å². The average molecular weight is 699 g/mol. The van der Waals surface area contributed by atoms with E-state index in [0.29, 0.717) is 51.7 Å². The van der Waals surface area contributed by atoms with Gasteiger partial charge in [-0.2, -0.15) is 5.10 Å². The number of methoxy groups -OCH3 is 4. The number of hydrogen-bond acceptors (Lipinski definition) is 11. The van der Waals surface area contributed by atoms with E-state index in [-0.39, 0.29) is 24.1 Å². The number of nitrogens with one attached hydrogen (secondary N) is 1. The first-order valence-electron chi connectivity index (χ1n) is 15.2. The lowest BCUT2D eigenvalue weighted by molar-refractivity contribution is -0.130. The fourth-order valence-electron chi connectivity index (χ4n) is 5.51. The second kappa shape index (κ2) is 15.3. The van der Waals surface area contributed by atoms with Gasteiger partial charge in [-0.3, -0.25) is 14.2 Å². The Morgan fingerprint density at radius 1 is 0.878 bits per heavy atom. The zero-order chi connectivity index (χ0) is 34.3. The maximum atomic E-state index is 14.0. The van der Waals surface area contributed by atoms with Crippen molar-refractivity contribution < 1.29 is 28.5 Å². The molecule has 0 saturated carbocycles. The zero-order valence-corrected chi connectivity index (χ0v) is 28.9. The predicted molar refractivity (Wildman–Crippen MR) is 187 cm³/mol. The van der Waals surface area contributed by atoms with Crippen LogP contribution in [-0.4, -0.2) is 71.5 Å². The van der Waals surface area contributed by atoms with Crippen LogP contribution in [0.4, 0.5) is 0 Å². The van der Waals surface area contributed by atoms with Gasteiger partial charge in [-0.15, -0.1) is 21.5 Å². The molecule has 5 aromatic rings. The van der Waals surface area contributed by atoms with Crippen molar-refractivity contribution in [1.82, 2.24) is 25.1 Å². The summed E-state index contributed by atoms with van der Waals surface area (Å²) in [5.74, 6) is 2.32. The second-order valence-electron chi connectivity index (χ2n) is 10.7. The summed E-state index contributed by atoms with van der Waals surface area (Å²) in [7, 11) is 6.31. The number of hydrazone groups is 1. The molecule has 0 aliphatic carbocycles. The SMILES string of the molecule is COc1ccc(C(=O)NCc2nnc(SCC(=O)N3N=C(c4cccs4)C[C@H]3c3cccc(OC)c3OC)n2-c2ccccc2OC)cc1. The highest BCUT2D eigenvalue weighted by molar-refractivity contribution is 7.99. The molecular weight excluding hydrogens is 665 g/mol. The van der Waals surface area contributed by atoms with Gasteiger partial charge >= 0.3 is 0 Å². The molecule has 2 amide bonds. The summed E-state index contributed by atoms with van der Waals surface area (Å²) in [4.78, 5) is 28.0. The van der Waals surface area contributed by atoms with Crippen LogP contribution in [0, 0.1) is 0 Å². The highest BCUT2D eigenvalue weighted by Gasteiger charge is 2.36. The first-order valence-corrected chi connectivity index (χ1v) is 17.1. The van der Waals surface area contributed by atoms with Crippen LogP contribution in [0.25, 0.3) is 5.69 Å². The third-order valence-electron chi connectivity index (χ3n) is 7.87. The molecule has 14 heteroatoms. The van der Waals surface area contributed by atoms with Crippen molar-refractivity contribution in [2.75, 3.05) is 34.2 Å². The van der Waals surface area contributed by atoms with Crippen LogP contribution in [0.15, 0.2) is 94.5 Å². The van der Waals surface area contributed by atoms with Crippen LogP contribution in [0.2, 0.25) is 0 Å². The summed E-state index contributed by atoms with van der Waals surface area (Å²) < 4.78 is 23.9. The number of benzene rings is 3. The molecule has 1 atom stereocenters. The molecule has 3 heterocycles. The molecule has 1 aliphatic heterocycles. The van der Waals surface area contributed by atoms with Gasteiger partial charge in [0.05, 0.1) is 63.1 Å². The molecule has 0 unspecified atom stereocenters. The number of rotatable bonds is 13. The normalized spacial score (nSPS) is 13.9. The number of carbonyl (C=O) groups excluding carboxylic acids is 2. The maximum Gasteiger partial charge on any atom is 0.253 e. The Labute approximate surface area is 291 Å². The fourth-order valence-corrected chi connectivity index (χ4v) is 7.05. The molecule has 6 rings (SSSR count). The van der Waals surface area contributed by atoms with E-state index in [0.717, 1.165) is 16.2 Å². The van der Waals surface area contributed by atoms with E-state index in [1.807, 2.05) is 60.0 Å². The van der Waals surface area contributed by atoms with Crippen molar-refractivity contribution in [1.29, 1.82) is 0 Å². The molecular formula is C35H34N6O6S2. The lowest BCUT2D eigenvalue weighted by Gasteiger charge is -2.24. The minimum Gasteiger partial charge on any atom is -0.497 e. The Morgan fingerprint density at radius 3 is 2.37 bits per heavy atom. The van der Waals surface area contributed by atoms with E-state index in [1.165, 1.54) is 16.8 Å². The largest absolute Gasteiger partial charge is 0.497 e. The standard InChI is InChI=1S/C35H34N6O6S2/c1-44-23-16-14-22(15-17-23)34(43)36-20-31-37-38-35(40(31)26-10-5-6-11-28(26)45-2)49-21-32(42)41-27(19-25(39-41)30-13-8-18-48-30)24-9-7-12-29(46-3)33(24)47-4/h5-18,27H,19-21H2,1-4H3,(H,36,43)/t27-/m0/s1. The summed E-state index contributed by atoms with van der Waals surface area (Å²) in [5.41, 5.74) is 2.74. The first-order chi connectivity index (χ1) is 23.9. The number of thioether (sulfide) groups is 1. The van der Waals surface area contributed by atoms with Gasteiger partial charge in [0.15, 0.2) is 22.5 Å². The molecule has 12 nitrogen and oxygen atoms in total. The number of hydrogen-bond donors (Lipinski definition) is 1. The second-order valence-corrected chi connectivity index (χ2v) is 12.6. The molecule has 2 aromatic heterocycles. The molecule has 0 fully saturated rings. The Hall–Kier alpha value is -5.34. The van der Waals surface area contributed by atoms with Crippen molar-refractivity contribution in [3.8, 4) is 28.7 Å². The molecule has 1 N–H and O–H groups in total. The van der Waals surface area contributed by atoms with Crippen molar-refractivity contribution in [2.24, 2.45) is 5.10 Å². The summed E-state index contributed by atoms with van der Waals surface area (Å²) in [6, 6.07) is 23.4. The highest BCUT2D eigenvalue weighted by atomic mass is 32.2. The summed E-state index contributed by atoms with van der Waals surface area (Å²) in [6.45, 7) is 0.0721. The predicted octanol–water partition coefficient (Wildman–Crippen LogP) is 5.76. The lowest BCUT2D eigenvalue weighted by Crippen LogP contribution is -2.29. The number of thiophene rings is 1. The Kier molecular flexibility index (Phi) is 10.4. The molecule has 3 aromatic carbocycles. The molecule has 0 radical (unpaired) electrons. The van der Waals surface area contributed by atoms with Gasteiger partial charge in [0.1, 0.15) is 11.5 Å². The van der Waals surface area contributed by atoms with E-state index >= 15 is 0 Å². The molecule has 0 saturated heterocycles. The Bertz CT molecular complexity index is 1960. The van der Waals surface area contributed by atoms with Gasteiger partial charge in [-0.05, 0) is 53.9 Å². The monoisotopic (exact) mass is 698 g/mol. The van der Waals surface area contributed by atoms with Crippen LogP contribution in [0.1, 0.15) is 39.1 Å². The first kappa shape index (κ1) is 33.6. The van der Waals surface area contributed by atoms with Gasteiger partial charge < -0.3 is 24.3 Å². The number of carbonyl (C=O) groups is 2. The number of nitrogens with zero attached hydrogens (tertiary/aromatic N) is 5. The van der Waals surface area contributed by atoms with Crippen LogP contribution >= 0.6 is 23.1 Å². The van der Waals surface area contributed by atoms with Gasteiger partial charge in [0.2, 0.25) is 0 Å². The smallest absolute Gasteiger partial charge is 0.253 e. The third kappa shape index (κ3) is 7.10. The lowest BCUT2D eigenvalue weighted by atomic mass is 9.99. The minimum atomic E-state index is -0.411. The maximum absolute atomic E-state index is 14.0. The van der Waals surface area contributed by atoms with E-state index < -0.39 is 6.04 Å². The molecule has 252 valence electrons. The van der Waals surface area contributed by atoms with Gasteiger partial charge in [0, 0.05) is 17.5 Å². The molecule has 1 aliphatic rings. The highest BCUT2D eigenvalue weighted by Crippen LogP contribution is 2.42. The van der Waals surface area contributed by atoms with Crippen molar-refractivity contribution in [3.63, 3.8) is 0 Å². The van der Waals surface area contributed by atoms with Crippen LogP contribution in [0.3, 0.4) is 0 Å². The van der Waals surface area contributed by atoms with Crippen molar-refractivity contribution >= 4 is 40.6 Å². The van der Waals surface area contributed by atoms with Crippen LogP contribution < -0.4 is 24.3 Å². The topological polar surface area (TPSA) is 129 Å². The third-order valence-corrected chi connectivity index (χ3v) is 9.71. The Morgan fingerprint density at radius 2 is 1.65 bits per heavy atom. The summed E-state index contributed by atoms with van der Waals surface area (Å²) >= 11 is 2.79. The van der Waals surface area contributed by atoms with Crippen molar-refractivity contribution in [2.45, 2.75) is 24.2 Å². The summed E-state index contributed by atoms with van der Waals surface area (Å²) in [5, 5.41) is 20.5. The number of ether oxygens (including phenoxy) is 4. The summed E-state index contributed by atoms with van der Waals surface area (Å²) in [6.07, 6.45) is 0.510. The van der Waals surface area contributed by atoms with Gasteiger partial charge in [0.25, 0.3) is 11.8 Å². The zero-order valence-electron chi connectivity index (χ0n) is 27.3. The number of aromatic nitrogens is 3. The molecule has 0 bridgehead atoms. The Balaban J connectivity index is 1.27. The van der Waals surface area contributed by atoms with E-state index in [1.54, 1.807) is 68.6 Å². The van der Waals surface area contributed by atoms with Gasteiger partial charge in [-0.25, -0.2) is 5.01 Å². The van der Waals surface area contributed by atoms with E-state index in [2.05, 4.69) is 15.5 Å². The number of para-hydroxylation sites is 3. The average Bonchev–Trinajstić information content (AvgIpc) is 3.93. The van der Waals surface area contributed by atoms with Crippen LogP contribution in [0.5, 0.6) is 23.0 Å². The molecule has 0 spiro atoms. The van der Waals surface area contributed by atoms with Crippen molar-refractivity contribution in [3.05, 3.63) is 106 Å². The molecule has 49 heavy (non-hydrogen) atoms. The number of amides is 2. The minimum absolute atomic E-state index is 0.00942.